The van der Waals surface area contributed by atoms with Gasteiger partial charge in [-0.25, -0.2) is 5.84 Å². The van der Waals surface area contributed by atoms with E-state index in [4.69, 9.17) is 16.7 Å². The molecule has 0 aliphatic carbocycles. The van der Waals surface area contributed by atoms with Gasteiger partial charge in [-0.05, 0) is 6.42 Å². The van der Waals surface area contributed by atoms with Crippen molar-refractivity contribution in [1.82, 2.24) is 5.43 Å². The Bertz CT molecular complexity index is 95.8. The van der Waals surface area contributed by atoms with Crippen LogP contribution in [-0.2, 0) is 4.79 Å². The van der Waals surface area contributed by atoms with E-state index in [2.05, 4.69) is 0 Å². The molecule has 0 aromatic rings. The van der Waals surface area contributed by atoms with E-state index in [0.29, 0.717) is 0 Å². The molecule has 0 saturated carbocycles. The number of aliphatic hydroxyl groups excluding tert-OH is 1. The van der Waals surface area contributed by atoms with Crippen LogP contribution in [0.15, 0.2) is 0 Å². The van der Waals surface area contributed by atoms with Crippen molar-refractivity contribution >= 4 is 5.91 Å². The lowest BCUT2D eigenvalue weighted by molar-refractivity contribution is -0.122. The van der Waals surface area contributed by atoms with Crippen LogP contribution >= 0.6 is 0 Å². The molecule has 0 aliphatic rings. The second kappa shape index (κ2) is 4.25. The second-order valence-electron chi connectivity index (χ2n) is 1.63. The molecule has 0 aromatic heterocycles. The van der Waals surface area contributed by atoms with Crippen molar-refractivity contribution in [2.45, 2.75) is 12.5 Å². The molecule has 0 bridgehead atoms. The van der Waals surface area contributed by atoms with Crippen LogP contribution in [0.4, 0.5) is 0 Å². The summed E-state index contributed by atoms with van der Waals surface area (Å²) in [5.74, 6) is 4.29. The van der Waals surface area contributed by atoms with E-state index in [1.807, 2.05) is 5.43 Å². The van der Waals surface area contributed by atoms with Gasteiger partial charge in [0, 0.05) is 6.61 Å². The molecule has 1 amide bonds. The molecule has 9 heavy (non-hydrogen) atoms. The molecule has 0 spiro atoms. The smallest absolute Gasteiger partial charge is 0.250 e. The van der Waals surface area contributed by atoms with E-state index in [9.17, 15) is 4.79 Å². The second-order valence-corrected chi connectivity index (χ2v) is 1.63. The van der Waals surface area contributed by atoms with Gasteiger partial charge < -0.3 is 10.8 Å². The largest absolute Gasteiger partial charge is 0.396 e. The van der Waals surface area contributed by atoms with E-state index in [-0.39, 0.29) is 13.0 Å². The maximum Gasteiger partial charge on any atom is 0.250 e. The molecule has 0 aromatic carbocycles. The summed E-state index contributed by atoms with van der Waals surface area (Å²) in [6.45, 7) is -0.103. The molecule has 54 valence electrons. The van der Waals surface area contributed by atoms with Crippen molar-refractivity contribution in [3.63, 3.8) is 0 Å². The van der Waals surface area contributed by atoms with E-state index < -0.39 is 11.9 Å². The van der Waals surface area contributed by atoms with Gasteiger partial charge in [-0.3, -0.25) is 10.2 Å². The topological polar surface area (TPSA) is 101 Å². The van der Waals surface area contributed by atoms with Crippen LogP contribution < -0.4 is 17.0 Å². The minimum Gasteiger partial charge on any atom is -0.396 e. The zero-order chi connectivity index (χ0) is 7.28. The predicted molar refractivity (Wildman–Crippen MR) is 32.0 cm³/mol. The van der Waals surface area contributed by atoms with Crippen LogP contribution in [0, 0.1) is 0 Å². The number of hydrogen-bond donors (Lipinski definition) is 4. The van der Waals surface area contributed by atoms with Gasteiger partial charge in [0.05, 0.1) is 6.04 Å². The Hall–Kier alpha value is -0.650. The van der Waals surface area contributed by atoms with Gasteiger partial charge in [0.1, 0.15) is 0 Å². The van der Waals surface area contributed by atoms with Crippen LogP contribution in [-0.4, -0.2) is 23.7 Å². The van der Waals surface area contributed by atoms with Crippen molar-refractivity contribution in [2.75, 3.05) is 6.61 Å². The Kier molecular flexibility index (Phi) is 3.94. The summed E-state index contributed by atoms with van der Waals surface area (Å²) in [6.07, 6.45) is 0.239. The predicted octanol–water partition coefficient (Wildman–Crippen LogP) is -2.31. The number of rotatable bonds is 3. The lowest BCUT2D eigenvalue weighted by atomic mass is 10.2. The Labute approximate surface area is 53.0 Å². The van der Waals surface area contributed by atoms with Crippen molar-refractivity contribution in [3.8, 4) is 0 Å². The average molecular weight is 133 g/mol. The number of hydrazine groups is 1. The van der Waals surface area contributed by atoms with E-state index in [1.54, 1.807) is 0 Å². The molecule has 0 aliphatic heterocycles. The van der Waals surface area contributed by atoms with E-state index >= 15 is 0 Å². The first kappa shape index (κ1) is 8.35. The minimum absolute atomic E-state index is 0.103. The van der Waals surface area contributed by atoms with Crippen molar-refractivity contribution < 1.29 is 9.90 Å². The van der Waals surface area contributed by atoms with Gasteiger partial charge in [0.15, 0.2) is 0 Å². The standard InChI is InChI=1S/C4H11N3O2/c5-3(1-2-8)4(9)7-6/h3,8H,1-2,5-6H2,(H,7,9). The highest BCUT2D eigenvalue weighted by Crippen LogP contribution is 1.83. The van der Waals surface area contributed by atoms with Crippen molar-refractivity contribution in [1.29, 1.82) is 0 Å². The lowest BCUT2D eigenvalue weighted by Gasteiger charge is -2.05. The molecular weight excluding hydrogens is 122 g/mol. The number of carbonyl (C=O) groups is 1. The minimum atomic E-state index is -0.694. The third-order valence-electron chi connectivity index (χ3n) is 0.919. The molecule has 6 N–H and O–H groups in total. The highest BCUT2D eigenvalue weighted by Gasteiger charge is 2.09. The Morgan fingerprint density at radius 3 is 2.67 bits per heavy atom. The first-order valence-corrected chi connectivity index (χ1v) is 2.59. The van der Waals surface area contributed by atoms with Crippen LogP contribution in [0.5, 0.6) is 0 Å². The quantitative estimate of drug-likeness (QED) is 0.197. The zero-order valence-electron chi connectivity index (χ0n) is 5.00. The third-order valence-corrected chi connectivity index (χ3v) is 0.919. The summed E-state index contributed by atoms with van der Waals surface area (Å²) in [7, 11) is 0. The van der Waals surface area contributed by atoms with E-state index in [1.165, 1.54) is 0 Å². The first-order chi connectivity index (χ1) is 4.22. The van der Waals surface area contributed by atoms with Crippen LogP contribution in [0.25, 0.3) is 0 Å². The number of carbonyl (C=O) groups excluding carboxylic acids is 1. The lowest BCUT2D eigenvalue weighted by Crippen LogP contribution is -2.44. The SMILES string of the molecule is NNC(=O)C(N)CCO. The summed E-state index contributed by atoms with van der Waals surface area (Å²) in [5, 5.41) is 8.28. The molecule has 0 radical (unpaired) electrons. The monoisotopic (exact) mass is 133 g/mol. The number of amides is 1. The third kappa shape index (κ3) is 3.02. The number of nitrogens with two attached hydrogens (primary N) is 2. The molecule has 1 unspecified atom stereocenters. The van der Waals surface area contributed by atoms with Gasteiger partial charge >= 0.3 is 0 Å². The number of nitrogens with one attached hydrogen (secondary N) is 1. The molecule has 1 atom stereocenters. The highest BCUT2D eigenvalue weighted by atomic mass is 16.3. The van der Waals surface area contributed by atoms with Gasteiger partial charge in [-0.2, -0.15) is 0 Å². The van der Waals surface area contributed by atoms with Crippen LogP contribution in [0.2, 0.25) is 0 Å². The number of aliphatic hydroxyl groups is 1. The van der Waals surface area contributed by atoms with Gasteiger partial charge in [-0.1, -0.05) is 0 Å². The normalized spacial score (nSPS) is 12.8. The Morgan fingerprint density at radius 1 is 1.78 bits per heavy atom. The number of hydrogen-bond acceptors (Lipinski definition) is 4. The molecule has 0 saturated heterocycles. The fraction of sp³-hybridized carbons (Fsp3) is 0.750. The fourth-order valence-electron chi connectivity index (χ4n) is 0.377. The summed E-state index contributed by atoms with van der Waals surface area (Å²) >= 11 is 0. The summed E-state index contributed by atoms with van der Waals surface area (Å²) in [4.78, 5) is 10.4. The molecule has 5 nitrogen and oxygen atoms in total. The van der Waals surface area contributed by atoms with E-state index in [0.717, 1.165) is 0 Å². The molecule has 0 heterocycles. The zero-order valence-corrected chi connectivity index (χ0v) is 5.00. The van der Waals surface area contributed by atoms with Gasteiger partial charge in [0.25, 0.3) is 5.91 Å². The maximum atomic E-state index is 10.4. The van der Waals surface area contributed by atoms with Crippen LogP contribution in [0.1, 0.15) is 6.42 Å². The Morgan fingerprint density at radius 2 is 2.33 bits per heavy atom. The maximum absolute atomic E-state index is 10.4. The van der Waals surface area contributed by atoms with Crippen molar-refractivity contribution in [2.24, 2.45) is 11.6 Å². The summed E-state index contributed by atoms with van der Waals surface area (Å²) < 4.78 is 0. The van der Waals surface area contributed by atoms with Gasteiger partial charge in [0.2, 0.25) is 0 Å². The van der Waals surface area contributed by atoms with Crippen LogP contribution in [0.3, 0.4) is 0 Å². The first-order valence-electron chi connectivity index (χ1n) is 2.59. The van der Waals surface area contributed by atoms with Crippen molar-refractivity contribution in [3.05, 3.63) is 0 Å². The fourth-order valence-corrected chi connectivity index (χ4v) is 0.377. The van der Waals surface area contributed by atoms with Gasteiger partial charge in [-0.15, -0.1) is 0 Å². The average Bonchev–Trinajstić information content (AvgIpc) is 1.87. The molecular formula is C4H11N3O2. The molecule has 0 rings (SSSR count). The summed E-state index contributed by atoms with van der Waals surface area (Å²) in [5.41, 5.74) is 7.06. The molecule has 5 heteroatoms. The molecule has 0 fully saturated rings. The Balaban J connectivity index is 3.45. The highest BCUT2D eigenvalue weighted by molar-refractivity contribution is 5.80. The summed E-state index contributed by atoms with van der Waals surface area (Å²) in [6, 6.07) is -0.694.